The highest BCUT2D eigenvalue weighted by molar-refractivity contribution is 5.76. The topological polar surface area (TPSA) is 307 Å². The van der Waals surface area contributed by atoms with Crippen molar-refractivity contribution in [3.05, 3.63) is 48.6 Å². The molecule has 394 valence electrons. The highest BCUT2D eigenvalue weighted by Crippen LogP contribution is 2.33. The Bertz CT molecular complexity index is 1450. The monoisotopic (exact) mass is 976 g/mol. The Morgan fingerprint density at radius 1 is 0.529 bits per heavy atom. The number of carbonyl (C=O) groups is 1. The maximum Gasteiger partial charge on any atom is 0.220 e. The van der Waals surface area contributed by atoms with E-state index < -0.39 is 124 Å². The molecule has 17 atom stereocenters. The van der Waals surface area contributed by atoms with Gasteiger partial charge in [-0.2, -0.15) is 0 Å². The van der Waals surface area contributed by atoms with Gasteiger partial charge >= 0.3 is 0 Å². The van der Waals surface area contributed by atoms with Gasteiger partial charge in [0.25, 0.3) is 0 Å². The van der Waals surface area contributed by atoms with Gasteiger partial charge < -0.3 is 89.9 Å². The molecule has 3 saturated heterocycles. The summed E-state index contributed by atoms with van der Waals surface area (Å²) in [6.07, 6.45) is 5.77. The minimum absolute atomic E-state index is 0.217. The van der Waals surface area contributed by atoms with Crippen LogP contribution in [0.15, 0.2) is 48.6 Å². The van der Waals surface area contributed by atoms with E-state index in [2.05, 4.69) is 55.6 Å². The van der Waals surface area contributed by atoms with Crippen molar-refractivity contribution in [1.82, 2.24) is 5.32 Å². The third-order valence-corrected chi connectivity index (χ3v) is 12.3. The molecule has 3 aliphatic rings. The van der Waals surface area contributed by atoms with Crippen LogP contribution in [0.4, 0.5) is 0 Å². The van der Waals surface area contributed by atoms with Crippen LogP contribution in [-0.2, 0) is 33.2 Å². The van der Waals surface area contributed by atoms with Gasteiger partial charge in [-0.15, -0.1) is 0 Å². The van der Waals surface area contributed by atoms with E-state index in [9.17, 15) is 61.0 Å². The molecule has 68 heavy (non-hydrogen) atoms. The normalized spacial score (nSPS) is 33.6. The molecular formula is C49H85NO18. The molecule has 17 unspecified atom stereocenters. The van der Waals surface area contributed by atoms with E-state index in [-0.39, 0.29) is 18.9 Å². The molecule has 0 aromatic heterocycles. The van der Waals surface area contributed by atoms with Crippen molar-refractivity contribution in [2.45, 2.75) is 227 Å². The van der Waals surface area contributed by atoms with Gasteiger partial charge in [0.15, 0.2) is 18.9 Å². The molecule has 3 aliphatic heterocycles. The molecule has 12 N–H and O–H groups in total. The maximum atomic E-state index is 13.2. The third kappa shape index (κ3) is 20.1. The summed E-state index contributed by atoms with van der Waals surface area (Å²) < 4.78 is 34.0. The molecule has 3 fully saturated rings. The summed E-state index contributed by atoms with van der Waals surface area (Å²) in [6.45, 7) is 1.52. The van der Waals surface area contributed by atoms with Crippen molar-refractivity contribution in [1.29, 1.82) is 0 Å². The number of ether oxygens (including phenoxy) is 6. The standard InChI is InChI=1S/C49H85NO18/c1-3-5-7-9-11-13-14-15-16-17-18-19-21-23-25-27-37(55)50-32(33(54)26-24-22-20-12-10-8-6-4-2)31-63-47-43(61)40(58)45(35(29-52)65-47)68-49-44(62)41(59)46(36(30-53)66-49)67-48-42(60)39(57)38(56)34(28-51)64-48/h10-13,15-16,24,26,32-36,38-49,51-54,56-62H,3-9,14,17-23,25,27-31H2,1-2H3,(H,50,55)/b12-10+,13-11-,16-15-,26-24+. The molecule has 0 bridgehead atoms. The molecule has 1 amide bonds. The lowest BCUT2D eigenvalue weighted by Gasteiger charge is -2.48. The fourth-order valence-electron chi connectivity index (χ4n) is 8.10. The maximum absolute atomic E-state index is 13.2. The van der Waals surface area contributed by atoms with Crippen molar-refractivity contribution in [3.8, 4) is 0 Å². The lowest BCUT2D eigenvalue weighted by atomic mass is 9.96. The predicted octanol–water partition coefficient (Wildman–Crippen LogP) is 1.19. The summed E-state index contributed by atoms with van der Waals surface area (Å²) in [5, 5.41) is 119. The van der Waals surface area contributed by atoms with Crippen LogP contribution in [0, 0.1) is 0 Å². The minimum Gasteiger partial charge on any atom is -0.394 e. The number of hydrogen-bond donors (Lipinski definition) is 12. The van der Waals surface area contributed by atoms with Crippen molar-refractivity contribution in [3.63, 3.8) is 0 Å². The Morgan fingerprint density at radius 3 is 1.60 bits per heavy atom. The summed E-state index contributed by atoms with van der Waals surface area (Å²) in [5.74, 6) is -0.308. The van der Waals surface area contributed by atoms with Crippen LogP contribution >= 0.6 is 0 Å². The van der Waals surface area contributed by atoms with E-state index in [1.165, 1.54) is 19.3 Å². The smallest absolute Gasteiger partial charge is 0.220 e. The van der Waals surface area contributed by atoms with E-state index >= 15 is 0 Å². The predicted molar refractivity (Wildman–Crippen MR) is 249 cm³/mol. The first kappa shape index (κ1) is 60.1. The number of aliphatic hydroxyl groups is 11. The second kappa shape index (κ2) is 34.2. The number of allylic oxidation sites excluding steroid dienone is 7. The Balaban J connectivity index is 1.56. The van der Waals surface area contributed by atoms with Crippen LogP contribution < -0.4 is 5.32 Å². The zero-order chi connectivity index (χ0) is 49.8. The number of carbonyl (C=O) groups excluding carboxylic acids is 1. The molecule has 3 rings (SSSR count). The van der Waals surface area contributed by atoms with Crippen LogP contribution in [0.1, 0.15) is 123 Å². The Hall–Kier alpha value is -2.25. The van der Waals surface area contributed by atoms with Crippen LogP contribution in [0.5, 0.6) is 0 Å². The van der Waals surface area contributed by atoms with Gasteiger partial charge in [-0.1, -0.05) is 107 Å². The second-order valence-corrected chi connectivity index (χ2v) is 17.9. The molecule has 0 spiro atoms. The van der Waals surface area contributed by atoms with E-state index in [0.717, 1.165) is 70.6 Å². The summed E-state index contributed by atoms with van der Waals surface area (Å²) in [6, 6.07) is -0.993. The zero-order valence-electron chi connectivity index (χ0n) is 40.1. The van der Waals surface area contributed by atoms with E-state index in [1.54, 1.807) is 12.2 Å². The molecule has 19 heteroatoms. The minimum atomic E-state index is -1.98. The van der Waals surface area contributed by atoms with Gasteiger partial charge in [0.05, 0.1) is 38.6 Å². The van der Waals surface area contributed by atoms with E-state index in [1.807, 2.05) is 0 Å². The van der Waals surface area contributed by atoms with Gasteiger partial charge in [-0.3, -0.25) is 4.79 Å². The summed E-state index contributed by atoms with van der Waals surface area (Å²) in [5.41, 5.74) is 0. The first-order valence-electron chi connectivity index (χ1n) is 24.9. The van der Waals surface area contributed by atoms with Gasteiger partial charge in [0.2, 0.25) is 5.91 Å². The number of unbranched alkanes of at least 4 members (excludes halogenated alkanes) is 11. The average Bonchev–Trinajstić information content (AvgIpc) is 3.33. The fourth-order valence-corrected chi connectivity index (χ4v) is 8.10. The molecule has 0 saturated carbocycles. The second-order valence-electron chi connectivity index (χ2n) is 17.9. The van der Waals surface area contributed by atoms with Gasteiger partial charge in [0.1, 0.15) is 73.2 Å². The van der Waals surface area contributed by atoms with Crippen LogP contribution in [0.25, 0.3) is 0 Å². The molecule has 0 aromatic rings. The average molecular weight is 976 g/mol. The third-order valence-electron chi connectivity index (χ3n) is 12.3. The van der Waals surface area contributed by atoms with Gasteiger partial charge in [0, 0.05) is 6.42 Å². The van der Waals surface area contributed by atoms with Crippen molar-refractivity contribution < 1.29 is 89.4 Å². The van der Waals surface area contributed by atoms with E-state index in [0.29, 0.717) is 12.8 Å². The van der Waals surface area contributed by atoms with Crippen molar-refractivity contribution in [2.24, 2.45) is 0 Å². The lowest BCUT2D eigenvalue weighted by molar-refractivity contribution is -0.379. The summed E-state index contributed by atoms with van der Waals surface area (Å²) in [7, 11) is 0. The van der Waals surface area contributed by atoms with Gasteiger partial charge in [-0.05, 0) is 57.8 Å². The number of rotatable bonds is 33. The Morgan fingerprint density at radius 2 is 1.00 bits per heavy atom. The van der Waals surface area contributed by atoms with Crippen LogP contribution in [-0.4, -0.2) is 193 Å². The number of nitrogens with one attached hydrogen (secondary N) is 1. The van der Waals surface area contributed by atoms with Crippen LogP contribution in [0.3, 0.4) is 0 Å². The Kier molecular flexibility index (Phi) is 30.2. The highest BCUT2D eigenvalue weighted by Gasteiger charge is 2.53. The SMILES string of the molecule is CCCC/C=C/CC/C=C/C(O)C(COC1OC(CO)C(OC2OC(CO)C(OC3OC(CO)C(O)C(O)C3O)C(O)C2O)C(O)C1O)NC(=O)CCCCCCC/C=C\C/C=C\CCCCC. The highest BCUT2D eigenvalue weighted by atomic mass is 16.8. The summed E-state index contributed by atoms with van der Waals surface area (Å²) in [4.78, 5) is 13.2. The Labute approximate surface area is 402 Å². The molecule has 3 heterocycles. The molecular weight excluding hydrogens is 891 g/mol. The first-order valence-corrected chi connectivity index (χ1v) is 24.9. The largest absolute Gasteiger partial charge is 0.394 e. The van der Waals surface area contributed by atoms with Crippen LogP contribution in [0.2, 0.25) is 0 Å². The number of aliphatic hydroxyl groups excluding tert-OH is 11. The first-order chi connectivity index (χ1) is 32.8. The van der Waals surface area contributed by atoms with Crippen molar-refractivity contribution in [2.75, 3.05) is 26.4 Å². The van der Waals surface area contributed by atoms with Crippen molar-refractivity contribution >= 4 is 5.91 Å². The molecule has 0 aromatic carbocycles. The molecule has 0 aliphatic carbocycles. The summed E-state index contributed by atoms with van der Waals surface area (Å²) >= 11 is 0. The lowest BCUT2D eigenvalue weighted by Crippen LogP contribution is -2.66. The van der Waals surface area contributed by atoms with E-state index in [4.69, 9.17) is 28.4 Å². The number of amides is 1. The number of hydrogen-bond acceptors (Lipinski definition) is 18. The van der Waals surface area contributed by atoms with Gasteiger partial charge in [-0.25, -0.2) is 0 Å². The quantitative estimate of drug-likeness (QED) is 0.0325. The molecule has 19 nitrogen and oxygen atoms in total. The zero-order valence-corrected chi connectivity index (χ0v) is 40.1. The molecule has 0 radical (unpaired) electrons. The fraction of sp³-hybridized carbons (Fsp3) is 0.816.